The molecule has 1 aromatic carbocycles. The molecule has 6 nitrogen and oxygen atoms in total. The summed E-state index contributed by atoms with van der Waals surface area (Å²) in [7, 11) is 0. The predicted molar refractivity (Wildman–Crippen MR) is 65.8 cm³/mol. The first-order valence-electron chi connectivity index (χ1n) is 5.82. The van der Waals surface area contributed by atoms with Crippen LogP contribution in [0.25, 0.3) is 0 Å². The average molecular weight is 268 g/mol. The van der Waals surface area contributed by atoms with E-state index < -0.39 is 24.6 Å². The Labute approximate surface area is 110 Å². The highest BCUT2D eigenvalue weighted by Crippen LogP contribution is 2.12. The molecule has 104 valence electrons. The number of rotatable bonds is 6. The lowest BCUT2D eigenvalue weighted by atomic mass is 10.1. The lowest BCUT2D eigenvalue weighted by molar-refractivity contribution is 0.00902. The Kier molecular flexibility index (Phi) is 5.98. The summed E-state index contributed by atoms with van der Waals surface area (Å²) in [6.45, 7) is 1.02. The molecule has 1 aromatic rings. The van der Waals surface area contributed by atoms with Gasteiger partial charge in [0.25, 0.3) is 0 Å². The van der Waals surface area contributed by atoms with Crippen molar-refractivity contribution in [2.24, 2.45) is 0 Å². The van der Waals surface area contributed by atoms with E-state index in [2.05, 4.69) is 0 Å². The molecular formula is C13H16O6. The van der Waals surface area contributed by atoms with Crippen LogP contribution < -0.4 is 0 Å². The molecule has 0 spiro atoms. The van der Waals surface area contributed by atoms with E-state index in [1.54, 1.807) is 19.1 Å². The van der Waals surface area contributed by atoms with Gasteiger partial charge in [0.15, 0.2) is 0 Å². The molecule has 0 aliphatic rings. The van der Waals surface area contributed by atoms with Crippen LogP contribution in [-0.2, 0) is 9.47 Å². The van der Waals surface area contributed by atoms with E-state index in [0.29, 0.717) is 0 Å². The Hall–Kier alpha value is -1.92. The van der Waals surface area contributed by atoms with Crippen molar-refractivity contribution in [1.29, 1.82) is 0 Å². The van der Waals surface area contributed by atoms with Gasteiger partial charge in [0.05, 0.1) is 24.3 Å². The number of carbonyl (C=O) groups excluding carboxylic acids is 2. The lowest BCUT2D eigenvalue weighted by Gasteiger charge is -2.10. The van der Waals surface area contributed by atoms with Crippen LogP contribution in [0.3, 0.4) is 0 Å². The van der Waals surface area contributed by atoms with Crippen molar-refractivity contribution in [3.63, 3.8) is 0 Å². The number of aliphatic hydroxyl groups excluding tert-OH is 2. The van der Waals surface area contributed by atoms with Crippen LogP contribution in [-0.4, -0.2) is 48.1 Å². The monoisotopic (exact) mass is 268 g/mol. The lowest BCUT2D eigenvalue weighted by Crippen LogP contribution is -2.23. The maximum Gasteiger partial charge on any atom is 0.339 e. The highest BCUT2D eigenvalue weighted by atomic mass is 16.5. The first kappa shape index (κ1) is 15.1. The second-order valence-electron chi connectivity index (χ2n) is 3.70. The van der Waals surface area contributed by atoms with Crippen LogP contribution in [0.1, 0.15) is 27.6 Å². The van der Waals surface area contributed by atoms with Crippen molar-refractivity contribution in [1.82, 2.24) is 0 Å². The summed E-state index contributed by atoms with van der Waals surface area (Å²) in [4.78, 5) is 23.4. The molecule has 6 heteroatoms. The summed E-state index contributed by atoms with van der Waals surface area (Å²) in [5.74, 6) is -1.37. The molecule has 2 N–H and O–H groups in total. The summed E-state index contributed by atoms with van der Waals surface area (Å²) in [6.07, 6.45) is -1.14. The number of hydrogen-bond donors (Lipinski definition) is 2. The molecule has 0 radical (unpaired) electrons. The van der Waals surface area contributed by atoms with Gasteiger partial charge in [-0.05, 0) is 19.1 Å². The van der Waals surface area contributed by atoms with E-state index >= 15 is 0 Å². The molecule has 0 aliphatic carbocycles. The van der Waals surface area contributed by atoms with Crippen LogP contribution in [0.4, 0.5) is 0 Å². The molecule has 0 aliphatic heterocycles. The molecule has 1 unspecified atom stereocenters. The second-order valence-corrected chi connectivity index (χ2v) is 3.70. The van der Waals surface area contributed by atoms with Gasteiger partial charge in [0.1, 0.15) is 12.7 Å². The third-order valence-electron chi connectivity index (χ3n) is 2.26. The van der Waals surface area contributed by atoms with E-state index in [-0.39, 0.29) is 24.3 Å². The minimum absolute atomic E-state index is 0.0612. The number of hydrogen-bond acceptors (Lipinski definition) is 6. The minimum Gasteiger partial charge on any atom is -0.462 e. The Morgan fingerprint density at radius 1 is 1.16 bits per heavy atom. The standard InChI is InChI=1S/C13H16O6/c1-2-18-12(16)10-5-3-4-6-11(10)13(17)19-8-9(15)7-14/h3-6,9,14-15H,2,7-8H2,1H3. The molecule has 0 saturated carbocycles. The molecule has 0 bridgehead atoms. The van der Waals surface area contributed by atoms with Gasteiger partial charge in [0, 0.05) is 0 Å². The maximum absolute atomic E-state index is 11.8. The van der Waals surface area contributed by atoms with E-state index in [9.17, 15) is 9.59 Å². The van der Waals surface area contributed by atoms with Crippen molar-refractivity contribution in [3.05, 3.63) is 35.4 Å². The molecule has 19 heavy (non-hydrogen) atoms. The van der Waals surface area contributed by atoms with Crippen molar-refractivity contribution < 1.29 is 29.3 Å². The van der Waals surface area contributed by atoms with Crippen LogP contribution in [0, 0.1) is 0 Å². The SMILES string of the molecule is CCOC(=O)c1ccccc1C(=O)OCC(O)CO. The Balaban J connectivity index is 2.82. The zero-order valence-corrected chi connectivity index (χ0v) is 10.5. The van der Waals surface area contributed by atoms with Gasteiger partial charge in [-0.2, -0.15) is 0 Å². The second kappa shape index (κ2) is 7.50. The largest absolute Gasteiger partial charge is 0.462 e. The first-order valence-corrected chi connectivity index (χ1v) is 5.82. The summed E-state index contributed by atoms with van der Waals surface area (Å²) in [6, 6.07) is 6.07. The fraction of sp³-hybridized carbons (Fsp3) is 0.385. The predicted octanol–water partition coefficient (Wildman–Crippen LogP) is 0.373. The number of esters is 2. The van der Waals surface area contributed by atoms with E-state index in [1.165, 1.54) is 12.1 Å². The van der Waals surface area contributed by atoms with Gasteiger partial charge in [-0.15, -0.1) is 0 Å². The molecule has 0 saturated heterocycles. The van der Waals surface area contributed by atoms with Gasteiger partial charge >= 0.3 is 11.9 Å². The molecule has 1 rings (SSSR count). The van der Waals surface area contributed by atoms with Gasteiger partial charge in [0.2, 0.25) is 0 Å². The van der Waals surface area contributed by atoms with Crippen molar-refractivity contribution in [2.45, 2.75) is 13.0 Å². The van der Waals surface area contributed by atoms with Crippen molar-refractivity contribution in [3.8, 4) is 0 Å². The third-order valence-corrected chi connectivity index (χ3v) is 2.26. The highest BCUT2D eigenvalue weighted by Gasteiger charge is 2.19. The molecular weight excluding hydrogens is 252 g/mol. The summed E-state index contributed by atoms with van der Waals surface area (Å²) in [5.41, 5.74) is 0.166. The fourth-order valence-electron chi connectivity index (χ4n) is 1.35. The zero-order valence-electron chi connectivity index (χ0n) is 10.5. The van der Waals surface area contributed by atoms with Gasteiger partial charge < -0.3 is 19.7 Å². The first-order chi connectivity index (χ1) is 9.10. The quantitative estimate of drug-likeness (QED) is 0.724. The molecule has 0 aromatic heterocycles. The zero-order chi connectivity index (χ0) is 14.3. The van der Waals surface area contributed by atoms with Crippen LogP contribution in [0.5, 0.6) is 0 Å². The molecule has 0 heterocycles. The smallest absolute Gasteiger partial charge is 0.339 e. The highest BCUT2D eigenvalue weighted by molar-refractivity contribution is 6.03. The molecule has 1 atom stereocenters. The van der Waals surface area contributed by atoms with E-state index in [4.69, 9.17) is 19.7 Å². The van der Waals surface area contributed by atoms with Crippen LogP contribution >= 0.6 is 0 Å². The van der Waals surface area contributed by atoms with Gasteiger partial charge in [-0.25, -0.2) is 9.59 Å². The average Bonchev–Trinajstić information content (AvgIpc) is 2.44. The topological polar surface area (TPSA) is 93.1 Å². The third kappa shape index (κ3) is 4.35. The van der Waals surface area contributed by atoms with Crippen LogP contribution in [0.2, 0.25) is 0 Å². The number of benzene rings is 1. The normalized spacial score (nSPS) is 11.7. The number of ether oxygens (including phenoxy) is 2. The fourth-order valence-corrected chi connectivity index (χ4v) is 1.35. The summed E-state index contributed by atoms with van der Waals surface area (Å²) >= 11 is 0. The van der Waals surface area contributed by atoms with Gasteiger partial charge in [-0.3, -0.25) is 0 Å². The van der Waals surface area contributed by atoms with Crippen molar-refractivity contribution >= 4 is 11.9 Å². The summed E-state index contributed by atoms with van der Waals surface area (Å²) < 4.78 is 9.62. The molecule has 0 amide bonds. The van der Waals surface area contributed by atoms with E-state index in [0.717, 1.165) is 0 Å². The van der Waals surface area contributed by atoms with Gasteiger partial charge in [-0.1, -0.05) is 12.1 Å². The van der Waals surface area contributed by atoms with E-state index in [1.807, 2.05) is 0 Å². The summed E-state index contributed by atoms with van der Waals surface area (Å²) in [5, 5.41) is 17.7. The van der Waals surface area contributed by atoms with Crippen LogP contribution in [0.15, 0.2) is 24.3 Å². The Morgan fingerprint density at radius 3 is 2.16 bits per heavy atom. The number of carbonyl (C=O) groups is 2. The Bertz CT molecular complexity index is 443. The Morgan fingerprint density at radius 2 is 1.68 bits per heavy atom. The molecule has 0 fully saturated rings. The number of aliphatic hydroxyl groups is 2. The minimum atomic E-state index is -1.14. The van der Waals surface area contributed by atoms with Crippen molar-refractivity contribution in [2.75, 3.05) is 19.8 Å². The maximum atomic E-state index is 11.8.